The van der Waals surface area contributed by atoms with Gasteiger partial charge in [-0.05, 0) is 36.1 Å². The lowest BCUT2D eigenvalue weighted by Crippen LogP contribution is -2.14. The second-order valence-corrected chi connectivity index (χ2v) is 5.41. The lowest BCUT2D eigenvalue weighted by atomic mass is 9.85. The number of benzene rings is 1. The van der Waals surface area contributed by atoms with Crippen LogP contribution in [-0.4, -0.2) is 7.05 Å². The highest BCUT2D eigenvalue weighted by atomic mass is 35.5. The molecule has 1 nitrogen and oxygen atoms in total. The average molecular weight is 226 g/mol. The third-order valence-corrected chi connectivity index (χ3v) is 3.12. The lowest BCUT2D eigenvalue weighted by molar-refractivity contribution is 0.589. The highest BCUT2D eigenvalue weighted by Gasteiger charge is 2.16. The SMILES string of the molecule is CNC(Cl)c1ccc(C(C)(C)C)cc1C. The van der Waals surface area contributed by atoms with E-state index in [0.29, 0.717) is 0 Å². The molecule has 2 heteroatoms. The molecule has 1 atom stereocenters. The van der Waals surface area contributed by atoms with Crippen LogP contribution in [0.1, 0.15) is 43.0 Å². The summed E-state index contributed by atoms with van der Waals surface area (Å²) < 4.78 is 0. The van der Waals surface area contributed by atoms with Gasteiger partial charge in [-0.15, -0.1) is 11.6 Å². The Hall–Kier alpha value is -0.530. The van der Waals surface area contributed by atoms with Crippen LogP contribution in [0, 0.1) is 6.92 Å². The maximum atomic E-state index is 6.15. The first kappa shape index (κ1) is 12.5. The van der Waals surface area contributed by atoms with Crippen molar-refractivity contribution in [1.82, 2.24) is 5.32 Å². The van der Waals surface area contributed by atoms with Gasteiger partial charge in [0, 0.05) is 0 Å². The van der Waals surface area contributed by atoms with Crippen LogP contribution in [-0.2, 0) is 5.41 Å². The number of hydrogen-bond donors (Lipinski definition) is 1. The van der Waals surface area contributed by atoms with Gasteiger partial charge in [0.15, 0.2) is 0 Å². The minimum Gasteiger partial charge on any atom is -0.301 e. The fraction of sp³-hybridized carbons (Fsp3) is 0.538. The van der Waals surface area contributed by atoms with Crippen molar-refractivity contribution < 1.29 is 0 Å². The molecule has 0 saturated carbocycles. The molecule has 0 bridgehead atoms. The van der Waals surface area contributed by atoms with E-state index < -0.39 is 0 Å². The van der Waals surface area contributed by atoms with E-state index in [2.05, 4.69) is 51.2 Å². The molecule has 1 aromatic rings. The van der Waals surface area contributed by atoms with Crippen molar-refractivity contribution >= 4 is 11.6 Å². The van der Waals surface area contributed by atoms with Gasteiger partial charge in [-0.3, -0.25) is 0 Å². The Labute approximate surface area is 97.8 Å². The standard InChI is InChI=1S/C13H20ClN/c1-9-8-10(13(2,3)4)6-7-11(9)12(14)15-5/h6-8,12,15H,1-5H3. The van der Waals surface area contributed by atoms with E-state index >= 15 is 0 Å². The largest absolute Gasteiger partial charge is 0.301 e. The molecule has 1 N–H and O–H groups in total. The fourth-order valence-corrected chi connectivity index (χ4v) is 1.83. The average Bonchev–Trinajstić information content (AvgIpc) is 2.15. The van der Waals surface area contributed by atoms with Gasteiger partial charge < -0.3 is 5.32 Å². The van der Waals surface area contributed by atoms with E-state index in [1.807, 2.05) is 7.05 Å². The first-order valence-corrected chi connectivity index (χ1v) is 5.72. The second kappa shape index (κ2) is 4.54. The maximum Gasteiger partial charge on any atom is 0.108 e. The van der Waals surface area contributed by atoms with Crippen molar-refractivity contribution in [3.8, 4) is 0 Å². The van der Waals surface area contributed by atoms with E-state index in [1.165, 1.54) is 11.1 Å². The van der Waals surface area contributed by atoms with Gasteiger partial charge >= 0.3 is 0 Å². The van der Waals surface area contributed by atoms with Crippen LogP contribution >= 0.6 is 11.6 Å². The van der Waals surface area contributed by atoms with Crippen molar-refractivity contribution in [1.29, 1.82) is 0 Å². The second-order valence-electron chi connectivity index (χ2n) is 4.97. The molecule has 15 heavy (non-hydrogen) atoms. The number of hydrogen-bond acceptors (Lipinski definition) is 1. The molecule has 1 unspecified atom stereocenters. The van der Waals surface area contributed by atoms with Crippen LogP contribution in [0.3, 0.4) is 0 Å². The minimum absolute atomic E-state index is 0.0981. The van der Waals surface area contributed by atoms with Crippen molar-refractivity contribution in [3.05, 3.63) is 34.9 Å². The van der Waals surface area contributed by atoms with Crippen LogP contribution in [0.2, 0.25) is 0 Å². The smallest absolute Gasteiger partial charge is 0.108 e. The Morgan fingerprint density at radius 3 is 2.27 bits per heavy atom. The molecule has 0 radical (unpaired) electrons. The molecule has 0 amide bonds. The predicted molar refractivity (Wildman–Crippen MR) is 67.5 cm³/mol. The Morgan fingerprint density at radius 2 is 1.87 bits per heavy atom. The van der Waals surface area contributed by atoms with Crippen molar-refractivity contribution in [2.75, 3.05) is 7.05 Å². The van der Waals surface area contributed by atoms with Crippen LogP contribution in [0.5, 0.6) is 0 Å². The van der Waals surface area contributed by atoms with E-state index in [9.17, 15) is 0 Å². The number of halogens is 1. The van der Waals surface area contributed by atoms with E-state index in [-0.39, 0.29) is 10.9 Å². The van der Waals surface area contributed by atoms with Gasteiger partial charge in [0.25, 0.3) is 0 Å². The summed E-state index contributed by atoms with van der Waals surface area (Å²) in [5.74, 6) is 0. The Balaban J connectivity index is 3.09. The molecule has 0 aromatic heterocycles. The minimum atomic E-state index is -0.0981. The third kappa shape index (κ3) is 2.96. The van der Waals surface area contributed by atoms with Gasteiger partial charge in [-0.1, -0.05) is 39.0 Å². The number of nitrogens with one attached hydrogen (secondary N) is 1. The van der Waals surface area contributed by atoms with E-state index in [4.69, 9.17) is 11.6 Å². The molecule has 1 rings (SSSR count). The molecule has 0 spiro atoms. The summed E-state index contributed by atoms with van der Waals surface area (Å²) in [6.07, 6.45) is 0. The third-order valence-electron chi connectivity index (χ3n) is 2.66. The zero-order chi connectivity index (χ0) is 11.6. The highest BCUT2D eigenvalue weighted by molar-refractivity contribution is 6.20. The summed E-state index contributed by atoms with van der Waals surface area (Å²) in [6.45, 7) is 8.77. The normalized spacial score (nSPS) is 14.0. The summed E-state index contributed by atoms with van der Waals surface area (Å²) in [6, 6.07) is 6.50. The first-order chi connectivity index (χ1) is 6.86. The molecule has 0 heterocycles. The van der Waals surface area contributed by atoms with Crippen LogP contribution in [0.4, 0.5) is 0 Å². The van der Waals surface area contributed by atoms with Gasteiger partial charge in [0.2, 0.25) is 0 Å². The van der Waals surface area contributed by atoms with E-state index in [1.54, 1.807) is 0 Å². The Bertz CT molecular complexity index is 339. The van der Waals surface area contributed by atoms with Crippen molar-refractivity contribution in [2.45, 2.75) is 38.6 Å². The maximum absolute atomic E-state index is 6.15. The summed E-state index contributed by atoms with van der Waals surface area (Å²) in [5, 5.41) is 3.05. The quantitative estimate of drug-likeness (QED) is 0.597. The number of rotatable bonds is 2. The van der Waals surface area contributed by atoms with Gasteiger partial charge in [-0.25, -0.2) is 0 Å². The highest BCUT2D eigenvalue weighted by Crippen LogP contribution is 2.27. The summed E-state index contributed by atoms with van der Waals surface area (Å²) >= 11 is 6.15. The van der Waals surface area contributed by atoms with Gasteiger partial charge in [0.1, 0.15) is 5.50 Å². The summed E-state index contributed by atoms with van der Waals surface area (Å²) in [7, 11) is 1.87. The zero-order valence-corrected chi connectivity index (χ0v) is 10.9. The van der Waals surface area contributed by atoms with Gasteiger partial charge in [-0.2, -0.15) is 0 Å². The van der Waals surface area contributed by atoms with Crippen LogP contribution in [0.25, 0.3) is 0 Å². The molecule has 0 aliphatic rings. The monoisotopic (exact) mass is 225 g/mol. The zero-order valence-electron chi connectivity index (χ0n) is 10.2. The van der Waals surface area contributed by atoms with Crippen molar-refractivity contribution in [3.63, 3.8) is 0 Å². The van der Waals surface area contributed by atoms with Crippen LogP contribution < -0.4 is 5.32 Å². The topological polar surface area (TPSA) is 12.0 Å². The molecular weight excluding hydrogens is 206 g/mol. The molecule has 0 saturated heterocycles. The number of aryl methyl sites for hydroxylation is 1. The number of alkyl halides is 1. The summed E-state index contributed by atoms with van der Waals surface area (Å²) in [5.41, 5.74) is 3.86. The molecule has 84 valence electrons. The lowest BCUT2D eigenvalue weighted by Gasteiger charge is -2.21. The van der Waals surface area contributed by atoms with Crippen LogP contribution in [0.15, 0.2) is 18.2 Å². The summed E-state index contributed by atoms with van der Waals surface area (Å²) in [4.78, 5) is 0. The Kier molecular flexibility index (Phi) is 3.80. The van der Waals surface area contributed by atoms with E-state index in [0.717, 1.165) is 5.56 Å². The molecule has 0 fully saturated rings. The molecular formula is C13H20ClN. The van der Waals surface area contributed by atoms with Crippen molar-refractivity contribution in [2.24, 2.45) is 0 Å². The molecule has 0 aliphatic heterocycles. The predicted octanol–water partition coefficient (Wildman–Crippen LogP) is 3.75. The Morgan fingerprint density at radius 1 is 1.27 bits per heavy atom. The molecule has 0 aliphatic carbocycles. The molecule has 1 aromatic carbocycles. The first-order valence-electron chi connectivity index (χ1n) is 5.28. The van der Waals surface area contributed by atoms with Gasteiger partial charge in [0.05, 0.1) is 0 Å². The fourth-order valence-electron chi connectivity index (χ4n) is 1.58.